The highest BCUT2D eigenvalue weighted by atomic mass is 32.3. The summed E-state index contributed by atoms with van der Waals surface area (Å²) in [4.78, 5) is 28.6. The molecule has 2 N–H and O–H groups in total. The topological polar surface area (TPSA) is 87.3 Å². The van der Waals surface area contributed by atoms with Gasteiger partial charge in [-0.1, -0.05) is 12.1 Å². The second-order valence-electron chi connectivity index (χ2n) is 10.2. The summed E-state index contributed by atoms with van der Waals surface area (Å²) in [5, 5.41) is 10.5. The Kier molecular flexibility index (Phi) is 5.85. The smallest absolute Gasteiger partial charge is 0.257 e. The SMILES string of the molecule is COC(C(=O)N1Cc2c(NC(=O)C3(S(C)(C)C)CCC3)n[nH]c2C1(C)C)c1ccc(F)cc1. The Bertz CT molecular complexity index is 1070. The lowest BCUT2D eigenvalue weighted by Gasteiger charge is -2.53. The molecular formula is C24H33FN4O3S. The highest BCUT2D eigenvalue weighted by Crippen LogP contribution is 2.60. The Balaban J connectivity index is 1.58. The quantitative estimate of drug-likeness (QED) is 0.658. The van der Waals surface area contributed by atoms with Gasteiger partial charge >= 0.3 is 0 Å². The van der Waals surface area contributed by atoms with Gasteiger partial charge in [-0.25, -0.2) is 14.4 Å². The van der Waals surface area contributed by atoms with Gasteiger partial charge in [0.15, 0.2) is 11.9 Å². The van der Waals surface area contributed by atoms with Crippen molar-refractivity contribution in [1.29, 1.82) is 0 Å². The molecule has 0 saturated heterocycles. The number of nitrogens with one attached hydrogen (secondary N) is 2. The van der Waals surface area contributed by atoms with Crippen LogP contribution in [0, 0.1) is 5.82 Å². The van der Waals surface area contributed by atoms with E-state index in [2.05, 4.69) is 34.3 Å². The number of nitrogens with zero attached hydrogens (tertiary/aromatic N) is 2. The zero-order valence-corrected chi connectivity index (χ0v) is 20.9. The second-order valence-corrected chi connectivity index (χ2v) is 14.7. The van der Waals surface area contributed by atoms with Crippen molar-refractivity contribution in [3.05, 3.63) is 46.9 Å². The van der Waals surface area contributed by atoms with Crippen molar-refractivity contribution in [2.45, 2.75) is 56.0 Å². The molecule has 1 aliphatic heterocycles. The summed E-state index contributed by atoms with van der Waals surface area (Å²) in [6.45, 7) is 4.17. The van der Waals surface area contributed by atoms with E-state index in [0.29, 0.717) is 17.9 Å². The van der Waals surface area contributed by atoms with Crippen molar-refractivity contribution in [3.8, 4) is 0 Å². The Morgan fingerprint density at radius 2 is 1.85 bits per heavy atom. The van der Waals surface area contributed by atoms with E-state index in [4.69, 9.17) is 4.74 Å². The van der Waals surface area contributed by atoms with E-state index >= 15 is 0 Å². The Morgan fingerprint density at radius 1 is 1.21 bits per heavy atom. The number of halogens is 1. The van der Waals surface area contributed by atoms with Crippen molar-refractivity contribution in [1.82, 2.24) is 15.1 Å². The molecule has 33 heavy (non-hydrogen) atoms. The van der Waals surface area contributed by atoms with Gasteiger partial charge in [-0.2, -0.15) is 5.10 Å². The summed E-state index contributed by atoms with van der Waals surface area (Å²) in [6.07, 6.45) is 8.55. The standard InChI is InChI=1S/C24H33FN4O3S/c1-23(2)19-17(14-29(23)21(30)18(32-3)15-8-10-16(25)11-9-15)20(28-27-19)26-22(31)24(12-7-13-24)33(4,5)6/h8-11,18H,7,12-14H2,1-6H3,(H2,26,27,28,31). The minimum atomic E-state index is -1.10. The van der Waals surface area contributed by atoms with Crippen molar-refractivity contribution in [2.75, 3.05) is 31.2 Å². The van der Waals surface area contributed by atoms with Crippen LogP contribution in [0.5, 0.6) is 0 Å². The molecule has 1 atom stereocenters. The number of anilines is 1. The number of H-pyrrole nitrogens is 1. The number of aromatic nitrogens is 2. The molecule has 0 bridgehead atoms. The molecule has 1 fully saturated rings. The molecular weight excluding hydrogens is 443 g/mol. The van der Waals surface area contributed by atoms with E-state index in [1.807, 2.05) is 13.8 Å². The highest BCUT2D eigenvalue weighted by Gasteiger charge is 2.51. The Labute approximate surface area is 195 Å². The summed E-state index contributed by atoms with van der Waals surface area (Å²) in [6, 6.07) is 5.75. The van der Waals surface area contributed by atoms with Gasteiger partial charge in [-0.15, -0.1) is 0 Å². The lowest BCUT2D eigenvalue weighted by Crippen LogP contribution is -2.51. The molecule has 7 nitrogen and oxygen atoms in total. The molecule has 2 aliphatic rings. The van der Waals surface area contributed by atoms with Gasteiger partial charge in [0, 0.05) is 12.7 Å². The van der Waals surface area contributed by atoms with Crippen LogP contribution in [0.15, 0.2) is 24.3 Å². The van der Waals surface area contributed by atoms with Crippen LogP contribution in [0.3, 0.4) is 0 Å². The summed E-state index contributed by atoms with van der Waals surface area (Å²) in [5.41, 5.74) is 1.52. The molecule has 0 radical (unpaired) electrons. The molecule has 2 heterocycles. The maximum atomic E-state index is 13.5. The lowest BCUT2D eigenvalue weighted by molar-refractivity contribution is -0.148. The molecule has 1 aromatic carbocycles. The van der Waals surface area contributed by atoms with Gasteiger partial charge in [0.2, 0.25) is 5.91 Å². The Morgan fingerprint density at radius 3 is 2.36 bits per heavy atom. The number of carbonyl (C=O) groups excluding carboxylic acids is 2. The van der Waals surface area contributed by atoms with E-state index in [1.54, 1.807) is 17.0 Å². The zero-order chi connectivity index (χ0) is 24.2. The average molecular weight is 477 g/mol. The van der Waals surface area contributed by atoms with Gasteiger partial charge in [-0.3, -0.25) is 14.7 Å². The van der Waals surface area contributed by atoms with Crippen molar-refractivity contribution in [3.63, 3.8) is 0 Å². The lowest BCUT2D eigenvalue weighted by atomic mass is 9.83. The fraction of sp³-hybridized carbons (Fsp3) is 0.542. The van der Waals surface area contributed by atoms with Crippen LogP contribution in [0.1, 0.15) is 56.0 Å². The number of benzene rings is 1. The Hall–Kier alpha value is -2.39. The maximum absolute atomic E-state index is 13.5. The van der Waals surface area contributed by atoms with Gasteiger partial charge in [-0.05, 0) is 69.6 Å². The van der Waals surface area contributed by atoms with Crippen LogP contribution in [0.4, 0.5) is 10.2 Å². The van der Waals surface area contributed by atoms with Gasteiger partial charge in [0.05, 0.1) is 22.5 Å². The van der Waals surface area contributed by atoms with Crippen LogP contribution >= 0.6 is 10.0 Å². The molecule has 1 unspecified atom stereocenters. The van der Waals surface area contributed by atoms with Gasteiger partial charge in [0.25, 0.3) is 5.91 Å². The number of rotatable bonds is 6. The van der Waals surface area contributed by atoms with E-state index in [9.17, 15) is 14.0 Å². The first kappa shape index (κ1) is 23.8. The number of aromatic amines is 1. The van der Waals surface area contributed by atoms with Crippen LogP contribution in [-0.2, 0) is 26.4 Å². The third-order valence-corrected chi connectivity index (χ3v) is 10.3. The summed E-state index contributed by atoms with van der Waals surface area (Å²) >= 11 is 0. The fourth-order valence-electron chi connectivity index (χ4n) is 4.97. The summed E-state index contributed by atoms with van der Waals surface area (Å²) in [7, 11) is 0.369. The van der Waals surface area contributed by atoms with Gasteiger partial charge in [0.1, 0.15) is 5.82 Å². The molecule has 0 spiro atoms. The molecule has 1 aliphatic carbocycles. The second kappa shape index (κ2) is 8.13. The number of hydrogen-bond acceptors (Lipinski definition) is 4. The van der Waals surface area contributed by atoms with E-state index in [1.165, 1.54) is 19.2 Å². The first-order valence-corrected chi connectivity index (χ1v) is 13.9. The molecule has 1 aromatic heterocycles. The van der Waals surface area contributed by atoms with Gasteiger partial charge < -0.3 is 15.0 Å². The van der Waals surface area contributed by atoms with E-state index < -0.39 is 21.7 Å². The predicted octanol–water partition coefficient (Wildman–Crippen LogP) is 4.07. The predicted molar refractivity (Wildman–Crippen MR) is 129 cm³/mol. The minimum Gasteiger partial charge on any atom is -0.367 e. The maximum Gasteiger partial charge on any atom is 0.257 e. The molecule has 2 aromatic rings. The average Bonchev–Trinajstić information content (AvgIpc) is 3.20. The first-order chi connectivity index (χ1) is 15.4. The highest BCUT2D eigenvalue weighted by molar-refractivity contribution is 8.33. The molecule has 4 rings (SSSR count). The minimum absolute atomic E-state index is 0.0224. The van der Waals surface area contributed by atoms with E-state index in [0.717, 1.165) is 30.5 Å². The third-order valence-electron chi connectivity index (χ3n) is 7.35. The summed E-state index contributed by atoms with van der Waals surface area (Å²) < 4.78 is 18.6. The van der Waals surface area contributed by atoms with Crippen LogP contribution in [0.2, 0.25) is 0 Å². The number of hydrogen-bond donors (Lipinski definition) is 2. The normalized spacial score (nSPS) is 20.0. The molecule has 1 saturated carbocycles. The number of ether oxygens (including phenoxy) is 1. The van der Waals surface area contributed by atoms with Crippen LogP contribution in [-0.4, -0.2) is 57.5 Å². The van der Waals surface area contributed by atoms with Crippen molar-refractivity contribution < 1.29 is 18.7 Å². The molecule has 2 amide bonds. The number of fused-ring (bicyclic) bond motifs is 1. The van der Waals surface area contributed by atoms with Crippen molar-refractivity contribution >= 4 is 27.7 Å². The van der Waals surface area contributed by atoms with Crippen LogP contribution < -0.4 is 5.32 Å². The first-order valence-electron chi connectivity index (χ1n) is 11.1. The fourth-order valence-corrected chi connectivity index (χ4v) is 7.09. The molecule has 180 valence electrons. The monoisotopic (exact) mass is 476 g/mol. The largest absolute Gasteiger partial charge is 0.367 e. The van der Waals surface area contributed by atoms with Crippen LogP contribution in [0.25, 0.3) is 0 Å². The molecule has 9 heteroatoms. The van der Waals surface area contributed by atoms with Crippen molar-refractivity contribution in [2.24, 2.45) is 0 Å². The third kappa shape index (κ3) is 3.75. The number of carbonyl (C=O) groups is 2. The number of amides is 2. The zero-order valence-electron chi connectivity index (χ0n) is 20.1. The number of methoxy groups -OCH3 is 1. The van der Waals surface area contributed by atoms with E-state index in [-0.39, 0.29) is 22.4 Å². The summed E-state index contributed by atoms with van der Waals surface area (Å²) in [5.74, 6) is -0.0887.